The van der Waals surface area contributed by atoms with Crippen molar-refractivity contribution in [1.29, 1.82) is 5.26 Å². The van der Waals surface area contributed by atoms with Crippen molar-refractivity contribution in [2.24, 2.45) is 0 Å². The van der Waals surface area contributed by atoms with Crippen LogP contribution < -0.4 is 9.64 Å². The van der Waals surface area contributed by atoms with E-state index in [1.54, 1.807) is 32.2 Å². The molecule has 0 bridgehead atoms. The van der Waals surface area contributed by atoms with Gasteiger partial charge in [0.25, 0.3) is 0 Å². The molecule has 3 aromatic rings. The van der Waals surface area contributed by atoms with E-state index in [0.717, 1.165) is 37.8 Å². The summed E-state index contributed by atoms with van der Waals surface area (Å²) in [6.07, 6.45) is 4.11. The number of carbonyl (C=O) groups excluding carboxylic acids is 1. The molecule has 7 rings (SSSR count). The number of benzene rings is 1. The number of pyridine rings is 1. The van der Waals surface area contributed by atoms with Crippen molar-refractivity contribution in [3.05, 3.63) is 40.8 Å². The molecule has 0 unspecified atom stereocenters. The molecule has 278 valence electrons. The average molecular weight is 758 g/mol. The number of amides is 1. The van der Waals surface area contributed by atoms with Crippen LogP contribution in [0.3, 0.4) is 0 Å². The summed E-state index contributed by atoms with van der Waals surface area (Å²) in [6.45, 7) is 5.47. The Morgan fingerprint density at radius 1 is 1.15 bits per heavy atom. The molecular formula is C36H43ClF2N7O5P. The van der Waals surface area contributed by atoms with Crippen LogP contribution in [-0.4, -0.2) is 107 Å². The predicted molar refractivity (Wildman–Crippen MR) is 192 cm³/mol. The monoisotopic (exact) mass is 757 g/mol. The fourth-order valence-corrected chi connectivity index (χ4v) is 10.0. The number of fused-ring (bicyclic) bond motifs is 2. The predicted octanol–water partition coefficient (Wildman–Crippen LogP) is 6.51. The summed E-state index contributed by atoms with van der Waals surface area (Å²) in [4.78, 5) is 33.0. The van der Waals surface area contributed by atoms with Crippen molar-refractivity contribution < 1.29 is 31.9 Å². The summed E-state index contributed by atoms with van der Waals surface area (Å²) in [5.74, 6) is -0.529. The Hall–Kier alpha value is -3.47. The minimum absolute atomic E-state index is 0.00648. The van der Waals surface area contributed by atoms with Crippen LogP contribution in [0.5, 0.6) is 6.01 Å². The highest BCUT2D eigenvalue weighted by Crippen LogP contribution is 2.49. The van der Waals surface area contributed by atoms with Gasteiger partial charge in [0, 0.05) is 49.4 Å². The summed E-state index contributed by atoms with van der Waals surface area (Å²) in [6, 6.07) is 6.90. The normalized spacial score (nSPS) is 23.6. The third-order valence-corrected chi connectivity index (χ3v) is 12.9. The summed E-state index contributed by atoms with van der Waals surface area (Å²) >= 11 is 6.62. The molecular weight excluding hydrogens is 715 g/mol. The van der Waals surface area contributed by atoms with E-state index in [0.29, 0.717) is 34.8 Å². The van der Waals surface area contributed by atoms with Crippen molar-refractivity contribution in [1.82, 2.24) is 24.8 Å². The molecule has 0 N–H and O–H groups in total. The number of piperazine rings is 1. The quantitative estimate of drug-likeness (QED) is 0.177. The van der Waals surface area contributed by atoms with Gasteiger partial charge in [-0.25, -0.2) is 8.78 Å². The first-order valence-electron chi connectivity index (χ1n) is 18.0. The number of halogens is 3. The van der Waals surface area contributed by atoms with Gasteiger partial charge in [-0.2, -0.15) is 15.2 Å². The molecule has 0 radical (unpaired) electrons. The van der Waals surface area contributed by atoms with E-state index < -0.39 is 43.2 Å². The lowest BCUT2D eigenvalue weighted by Crippen LogP contribution is -2.56. The van der Waals surface area contributed by atoms with Gasteiger partial charge < -0.3 is 23.6 Å². The maximum absolute atomic E-state index is 16.9. The fourth-order valence-electron chi connectivity index (χ4n) is 8.13. The molecule has 16 heteroatoms. The maximum atomic E-state index is 16.9. The number of rotatable bonds is 13. The van der Waals surface area contributed by atoms with Crippen LogP contribution in [0.4, 0.5) is 14.6 Å². The number of nitrogens with zero attached hydrogens (tertiary/aromatic N) is 7. The van der Waals surface area contributed by atoms with E-state index in [4.69, 9.17) is 30.4 Å². The lowest BCUT2D eigenvalue weighted by Gasteiger charge is -2.41. The topological polar surface area (TPSA) is 134 Å². The number of carbonyl (C=O) groups is 1. The summed E-state index contributed by atoms with van der Waals surface area (Å²) in [7, 11) is -3.68. The summed E-state index contributed by atoms with van der Waals surface area (Å²) in [5, 5.41) is 10.7. The van der Waals surface area contributed by atoms with Gasteiger partial charge in [-0.15, -0.1) is 0 Å². The van der Waals surface area contributed by atoms with Gasteiger partial charge in [0.1, 0.15) is 36.0 Å². The van der Waals surface area contributed by atoms with E-state index in [2.05, 4.69) is 20.9 Å². The zero-order valence-electron chi connectivity index (χ0n) is 29.4. The van der Waals surface area contributed by atoms with Crippen LogP contribution in [0, 0.1) is 17.1 Å². The average Bonchev–Trinajstić information content (AvgIpc) is 3.80. The molecule has 52 heavy (non-hydrogen) atoms. The number of nitriles is 1. The number of alkyl halides is 1. The van der Waals surface area contributed by atoms with Crippen molar-refractivity contribution in [3.63, 3.8) is 0 Å². The molecule has 1 amide bonds. The third kappa shape index (κ3) is 7.23. The maximum Gasteiger partial charge on any atom is 0.340 e. The van der Waals surface area contributed by atoms with Crippen LogP contribution in [0.25, 0.3) is 22.2 Å². The molecule has 1 saturated carbocycles. The first kappa shape index (κ1) is 36.9. The van der Waals surface area contributed by atoms with Gasteiger partial charge in [-0.3, -0.25) is 19.2 Å². The minimum atomic E-state index is -3.68. The van der Waals surface area contributed by atoms with Crippen molar-refractivity contribution in [2.45, 2.75) is 76.0 Å². The minimum Gasteiger partial charge on any atom is -0.461 e. The molecule has 4 aliphatic rings. The molecule has 3 atom stereocenters. The van der Waals surface area contributed by atoms with Gasteiger partial charge in [0.05, 0.1) is 42.7 Å². The number of hydrogen-bond donors (Lipinski definition) is 0. The Balaban J connectivity index is 1.25. The van der Waals surface area contributed by atoms with Crippen molar-refractivity contribution >= 4 is 41.8 Å². The highest BCUT2D eigenvalue weighted by Gasteiger charge is 2.49. The second kappa shape index (κ2) is 15.1. The zero-order chi connectivity index (χ0) is 36.6. The van der Waals surface area contributed by atoms with Crippen LogP contribution in [0.15, 0.2) is 24.4 Å². The van der Waals surface area contributed by atoms with Crippen molar-refractivity contribution in [2.75, 3.05) is 63.6 Å². The van der Waals surface area contributed by atoms with Gasteiger partial charge in [0.15, 0.2) is 5.82 Å². The fraction of sp³-hybridized carbons (Fsp3) is 0.583. The number of aromatic nitrogens is 3. The van der Waals surface area contributed by atoms with E-state index in [9.17, 15) is 19.0 Å². The van der Waals surface area contributed by atoms with E-state index >= 15 is 4.39 Å². The Morgan fingerprint density at radius 2 is 1.94 bits per heavy atom. The lowest BCUT2D eigenvalue weighted by molar-refractivity contribution is -0.131. The second-order valence-corrected chi connectivity index (χ2v) is 16.5. The van der Waals surface area contributed by atoms with Gasteiger partial charge in [0.2, 0.25) is 5.91 Å². The SMILES string of the molecule is CCOP(=O)(CC(=O)N1CCN(c2nc(OC[C@@]34CCCN3C[C@H](F)C4)nc3c(F)c(-c4cccc(Cl)c4C4CC4)ncc23)C[C@@H]1CC#N)OCC. The molecule has 3 saturated heterocycles. The van der Waals surface area contributed by atoms with Gasteiger partial charge in [-0.1, -0.05) is 23.7 Å². The number of ether oxygens (including phenoxy) is 1. The highest BCUT2D eigenvalue weighted by atomic mass is 35.5. The van der Waals surface area contributed by atoms with Gasteiger partial charge in [-0.05, 0) is 63.6 Å². The van der Waals surface area contributed by atoms with Gasteiger partial charge >= 0.3 is 13.6 Å². The lowest BCUT2D eigenvalue weighted by atomic mass is 9.95. The first-order valence-corrected chi connectivity index (χ1v) is 20.2. The molecule has 3 aliphatic heterocycles. The smallest absolute Gasteiger partial charge is 0.340 e. The molecule has 5 heterocycles. The van der Waals surface area contributed by atoms with Crippen LogP contribution in [0.2, 0.25) is 5.02 Å². The molecule has 0 spiro atoms. The molecule has 1 aliphatic carbocycles. The Morgan fingerprint density at radius 3 is 2.67 bits per heavy atom. The zero-order valence-corrected chi connectivity index (χ0v) is 31.1. The molecule has 1 aromatic carbocycles. The van der Waals surface area contributed by atoms with E-state index in [1.807, 2.05) is 11.0 Å². The van der Waals surface area contributed by atoms with E-state index in [1.165, 1.54) is 4.90 Å². The van der Waals surface area contributed by atoms with Crippen LogP contribution >= 0.6 is 19.2 Å². The van der Waals surface area contributed by atoms with Crippen molar-refractivity contribution in [3.8, 4) is 23.3 Å². The molecule has 12 nitrogen and oxygen atoms in total. The Bertz CT molecular complexity index is 1920. The van der Waals surface area contributed by atoms with Crippen LogP contribution in [0.1, 0.15) is 63.9 Å². The summed E-state index contributed by atoms with van der Waals surface area (Å²) < 4.78 is 61.6. The standard InChI is InChI=1S/C36H43ClF2N7O5P/c1-3-50-52(48,51-4-2)21-29(47)46-16-15-44(20-25(46)11-13-40)34-27-18-41-32(26-7-5-8-28(37)30(26)23-9-10-23)31(39)33(27)42-35(43-34)49-22-36-12-6-14-45(36)19-24(38)17-36/h5,7-8,18,23-25H,3-4,6,9-12,14-17,19-22H2,1-2H3/t24-,25+,36+/m1/s1. The van der Waals surface area contributed by atoms with E-state index in [-0.39, 0.29) is 69.0 Å². The Labute approximate surface area is 306 Å². The largest absolute Gasteiger partial charge is 0.461 e. The molecule has 4 fully saturated rings. The highest BCUT2D eigenvalue weighted by molar-refractivity contribution is 7.54. The first-order chi connectivity index (χ1) is 25.1. The second-order valence-electron chi connectivity index (χ2n) is 14.0. The third-order valence-electron chi connectivity index (χ3n) is 10.6. The number of anilines is 1. The summed E-state index contributed by atoms with van der Waals surface area (Å²) in [5.41, 5.74) is 1.12. The van der Waals surface area contributed by atoms with Crippen LogP contribution in [-0.2, 0) is 18.4 Å². The molecule has 2 aromatic heterocycles. The number of hydrogen-bond acceptors (Lipinski definition) is 11. The Kier molecular flexibility index (Phi) is 10.7.